The molecule has 1 aromatic carbocycles. The van der Waals surface area contributed by atoms with Crippen molar-refractivity contribution in [3.8, 4) is 5.75 Å². The van der Waals surface area contributed by atoms with Crippen LogP contribution >= 0.6 is 24.0 Å². The van der Waals surface area contributed by atoms with Crippen LogP contribution in [0.15, 0.2) is 29.2 Å². The van der Waals surface area contributed by atoms with Crippen LogP contribution in [0.1, 0.15) is 18.9 Å². The number of carbonyl (C=O) groups is 1. The molecule has 1 saturated heterocycles. The Morgan fingerprint density at radius 2 is 2.16 bits per heavy atom. The van der Waals surface area contributed by atoms with Crippen LogP contribution in [-0.4, -0.2) is 28.8 Å². The maximum atomic E-state index is 12.2. The maximum absolute atomic E-state index is 12.2. The van der Waals surface area contributed by atoms with Gasteiger partial charge in [0.1, 0.15) is 10.1 Å². The third-order valence-corrected chi connectivity index (χ3v) is 4.12. The number of thioether (sulfide) groups is 1. The molecule has 1 fully saturated rings. The Balaban J connectivity index is 2.30. The number of benzene rings is 1. The minimum absolute atomic E-state index is 0.0113. The quantitative estimate of drug-likeness (QED) is 0.629. The van der Waals surface area contributed by atoms with Gasteiger partial charge in [0.05, 0.1) is 12.0 Å². The number of rotatable bonds is 4. The summed E-state index contributed by atoms with van der Waals surface area (Å²) in [6.45, 7) is 2.70. The summed E-state index contributed by atoms with van der Waals surface area (Å²) in [6, 6.07) is 7.61. The zero-order valence-corrected chi connectivity index (χ0v) is 12.5. The third-order valence-electron chi connectivity index (χ3n) is 2.75. The van der Waals surface area contributed by atoms with Crippen LogP contribution in [0, 0.1) is 0 Å². The van der Waals surface area contributed by atoms with E-state index in [1.807, 2.05) is 37.3 Å². The Hall–Kier alpha value is -1.33. The first-order chi connectivity index (χ1) is 9.17. The molecule has 1 aliphatic rings. The topological polar surface area (TPSA) is 29.5 Å². The van der Waals surface area contributed by atoms with E-state index in [4.69, 9.17) is 17.0 Å². The number of amides is 1. The van der Waals surface area contributed by atoms with Gasteiger partial charge in [-0.15, -0.1) is 0 Å². The van der Waals surface area contributed by atoms with Crippen LogP contribution in [0.2, 0.25) is 0 Å². The molecule has 0 atom stereocenters. The van der Waals surface area contributed by atoms with Crippen molar-refractivity contribution in [1.82, 2.24) is 4.90 Å². The predicted octanol–water partition coefficient (Wildman–Crippen LogP) is 3.31. The molecule has 0 unspecified atom stereocenters. The number of hydrogen-bond donors (Lipinski definition) is 0. The number of hydrogen-bond acceptors (Lipinski definition) is 4. The molecule has 0 aliphatic carbocycles. The van der Waals surface area contributed by atoms with E-state index < -0.39 is 0 Å². The van der Waals surface area contributed by atoms with E-state index in [9.17, 15) is 4.79 Å². The predicted molar refractivity (Wildman–Crippen MR) is 83.2 cm³/mol. The Morgan fingerprint density at radius 3 is 2.84 bits per heavy atom. The normalized spacial score (nSPS) is 17.4. The molecule has 1 amide bonds. The Morgan fingerprint density at radius 1 is 1.42 bits per heavy atom. The van der Waals surface area contributed by atoms with Gasteiger partial charge in [0.25, 0.3) is 5.91 Å². The lowest BCUT2D eigenvalue weighted by atomic mass is 10.2. The van der Waals surface area contributed by atoms with Gasteiger partial charge in [-0.3, -0.25) is 9.69 Å². The van der Waals surface area contributed by atoms with E-state index in [1.54, 1.807) is 12.0 Å². The van der Waals surface area contributed by atoms with E-state index in [0.29, 0.717) is 15.8 Å². The highest BCUT2D eigenvalue weighted by Gasteiger charge is 2.31. The van der Waals surface area contributed by atoms with Crippen LogP contribution in [0.25, 0.3) is 6.08 Å². The van der Waals surface area contributed by atoms with Crippen molar-refractivity contribution < 1.29 is 9.53 Å². The fourth-order valence-corrected chi connectivity index (χ4v) is 3.14. The van der Waals surface area contributed by atoms with Gasteiger partial charge >= 0.3 is 0 Å². The van der Waals surface area contributed by atoms with Crippen LogP contribution in [0.5, 0.6) is 5.75 Å². The fourth-order valence-electron chi connectivity index (χ4n) is 1.84. The second kappa shape index (κ2) is 6.21. The first-order valence-corrected chi connectivity index (χ1v) is 7.28. The van der Waals surface area contributed by atoms with Crippen molar-refractivity contribution in [2.24, 2.45) is 0 Å². The van der Waals surface area contributed by atoms with E-state index in [2.05, 4.69) is 0 Å². The molecule has 3 nitrogen and oxygen atoms in total. The SMILES string of the molecule is CCCN1C(=O)C(=Cc2ccccc2OC)SC1=S. The second-order valence-electron chi connectivity index (χ2n) is 4.08. The minimum atomic E-state index is -0.0113. The number of nitrogens with zero attached hydrogens (tertiary/aromatic N) is 1. The molecule has 0 radical (unpaired) electrons. The lowest BCUT2D eigenvalue weighted by Crippen LogP contribution is -2.28. The molecule has 19 heavy (non-hydrogen) atoms. The van der Waals surface area contributed by atoms with E-state index >= 15 is 0 Å². The third kappa shape index (κ3) is 2.98. The largest absolute Gasteiger partial charge is 0.496 e. The minimum Gasteiger partial charge on any atom is -0.496 e. The lowest BCUT2D eigenvalue weighted by molar-refractivity contribution is -0.122. The number of para-hydroxylation sites is 1. The van der Waals surface area contributed by atoms with Gasteiger partial charge < -0.3 is 4.74 Å². The van der Waals surface area contributed by atoms with Gasteiger partial charge in [-0.25, -0.2) is 0 Å². The van der Waals surface area contributed by atoms with Gasteiger partial charge in [0.2, 0.25) is 0 Å². The maximum Gasteiger partial charge on any atom is 0.266 e. The average molecular weight is 293 g/mol. The molecule has 0 spiro atoms. The zero-order chi connectivity index (χ0) is 13.8. The van der Waals surface area contributed by atoms with Crippen LogP contribution in [-0.2, 0) is 4.79 Å². The Bertz CT molecular complexity index is 540. The first-order valence-electron chi connectivity index (χ1n) is 6.05. The highest BCUT2D eigenvalue weighted by molar-refractivity contribution is 8.26. The van der Waals surface area contributed by atoms with Gasteiger partial charge in [0.15, 0.2) is 0 Å². The zero-order valence-electron chi connectivity index (χ0n) is 10.9. The molecule has 2 rings (SSSR count). The smallest absolute Gasteiger partial charge is 0.266 e. The first kappa shape index (κ1) is 14.1. The van der Waals surface area contributed by atoms with Crippen LogP contribution in [0.3, 0.4) is 0 Å². The summed E-state index contributed by atoms with van der Waals surface area (Å²) < 4.78 is 5.91. The molecule has 100 valence electrons. The molecule has 1 aromatic rings. The Kier molecular flexibility index (Phi) is 4.61. The van der Waals surface area contributed by atoms with E-state index in [0.717, 1.165) is 17.7 Å². The fraction of sp³-hybridized carbons (Fsp3) is 0.286. The lowest BCUT2D eigenvalue weighted by Gasteiger charge is -2.12. The van der Waals surface area contributed by atoms with Crippen molar-refractivity contribution >= 4 is 40.3 Å². The molecule has 0 aromatic heterocycles. The monoisotopic (exact) mass is 293 g/mol. The Labute approximate surface area is 122 Å². The van der Waals surface area contributed by atoms with Gasteiger partial charge in [-0.2, -0.15) is 0 Å². The number of thiocarbonyl (C=S) groups is 1. The second-order valence-corrected chi connectivity index (χ2v) is 5.75. The summed E-state index contributed by atoms with van der Waals surface area (Å²) in [5, 5.41) is 0. The summed E-state index contributed by atoms with van der Waals surface area (Å²) in [5.41, 5.74) is 0.891. The molecule has 1 aliphatic heterocycles. The van der Waals surface area contributed by atoms with Crippen LogP contribution < -0.4 is 4.74 Å². The van der Waals surface area contributed by atoms with Crippen molar-refractivity contribution in [2.75, 3.05) is 13.7 Å². The summed E-state index contributed by atoms with van der Waals surface area (Å²) in [5.74, 6) is 0.742. The standard InChI is InChI=1S/C14H15NO2S2/c1-3-8-15-13(16)12(19-14(15)18)9-10-6-4-5-7-11(10)17-2/h4-7,9H,3,8H2,1-2H3. The number of ether oxygens (including phenoxy) is 1. The molecule has 0 saturated carbocycles. The molecule has 0 N–H and O–H groups in total. The molecule has 5 heteroatoms. The summed E-state index contributed by atoms with van der Waals surface area (Å²) in [4.78, 5) is 14.5. The van der Waals surface area contributed by atoms with Gasteiger partial charge in [-0.05, 0) is 18.6 Å². The van der Waals surface area contributed by atoms with Gasteiger partial charge in [0, 0.05) is 12.1 Å². The van der Waals surface area contributed by atoms with E-state index in [1.165, 1.54) is 11.8 Å². The summed E-state index contributed by atoms with van der Waals surface area (Å²) >= 11 is 6.58. The highest BCUT2D eigenvalue weighted by atomic mass is 32.2. The summed E-state index contributed by atoms with van der Waals surface area (Å²) in [6.07, 6.45) is 2.74. The van der Waals surface area contributed by atoms with Crippen molar-refractivity contribution in [3.63, 3.8) is 0 Å². The number of carbonyl (C=O) groups excluding carboxylic acids is 1. The average Bonchev–Trinajstić information content (AvgIpc) is 2.67. The molecule has 1 heterocycles. The van der Waals surface area contributed by atoms with Crippen molar-refractivity contribution in [3.05, 3.63) is 34.7 Å². The molecular weight excluding hydrogens is 278 g/mol. The molecular formula is C14H15NO2S2. The van der Waals surface area contributed by atoms with Crippen molar-refractivity contribution in [2.45, 2.75) is 13.3 Å². The van der Waals surface area contributed by atoms with Gasteiger partial charge in [-0.1, -0.05) is 49.1 Å². The van der Waals surface area contributed by atoms with Crippen LogP contribution in [0.4, 0.5) is 0 Å². The summed E-state index contributed by atoms with van der Waals surface area (Å²) in [7, 11) is 1.62. The number of methoxy groups -OCH3 is 1. The van der Waals surface area contributed by atoms with E-state index in [-0.39, 0.29) is 5.91 Å². The highest BCUT2D eigenvalue weighted by Crippen LogP contribution is 2.34. The van der Waals surface area contributed by atoms with Crippen molar-refractivity contribution in [1.29, 1.82) is 0 Å². The molecule has 0 bridgehead atoms.